The molecule has 1 aromatic carbocycles. The van der Waals surface area contributed by atoms with E-state index >= 15 is 0 Å². The van der Waals surface area contributed by atoms with Gasteiger partial charge in [0.2, 0.25) is 0 Å². The first-order valence-corrected chi connectivity index (χ1v) is 4.21. The van der Waals surface area contributed by atoms with Crippen LogP contribution in [0.4, 0.5) is 4.39 Å². The van der Waals surface area contributed by atoms with Crippen LogP contribution in [0.25, 0.3) is 0 Å². The summed E-state index contributed by atoms with van der Waals surface area (Å²) in [5.41, 5.74) is 0.706. The van der Waals surface area contributed by atoms with Crippen molar-refractivity contribution >= 4 is 0 Å². The summed E-state index contributed by atoms with van der Waals surface area (Å²) in [5, 5.41) is 9.62. The summed E-state index contributed by atoms with van der Waals surface area (Å²) >= 11 is 0. The van der Waals surface area contributed by atoms with Gasteiger partial charge in [0.15, 0.2) is 0 Å². The zero-order valence-corrected chi connectivity index (χ0v) is 6.70. The zero-order valence-electron chi connectivity index (χ0n) is 6.70. The van der Waals surface area contributed by atoms with E-state index in [2.05, 4.69) is 0 Å². The van der Waals surface area contributed by atoms with Crippen molar-refractivity contribution < 1.29 is 9.50 Å². The van der Waals surface area contributed by atoms with Gasteiger partial charge in [-0.15, -0.1) is 0 Å². The number of halogens is 1. The molecule has 1 fully saturated rings. The Morgan fingerprint density at radius 2 is 2.17 bits per heavy atom. The van der Waals surface area contributed by atoms with Gasteiger partial charge >= 0.3 is 0 Å². The highest BCUT2D eigenvalue weighted by atomic mass is 19.1. The molecular formula is C10H11FO. The number of aliphatic hydroxyl groups is 1. The van der Waals surface area contributed by atoms with E-state index in [1.165, 1.54) is 12.1 Å². The Bertz CT molecular complexity index is 281. The molecule has 1 N–H and O–H groups in total. The van der Waals surface area contributed by atoms with Gasteiger partial charge < -0.3 is 5.11 Å². The fourth-order valence-corrected chi connectivity index (χ4v) is 1.37. The van der Waals surface area contributed by atoms with Crippen LogP contribution in [0.15, 0.2) is 24.3 Å². The fourth-order valence-electron chi connectivity index (χ4n) is 1.37. The van der Waals surface area contributed by atoms with Crippen molar-refractivity contribution in [2.24, 2.45) is 5.92 Å². The summed E-state index contributed by atoms with van der Waals surface area (Å²) in [5.74, 6) is 0.0963. The van der Waals surface area contributed by atoms with E-state index in [4.69, 9.17) is 0 Å². The average molecular weight is 166 g/mol. The molecule has 0 heterocycles. The SMILES string of the molecule is OC(c1cccc(F)c1)C1CC1. The Balaban J connectivity index is 2.20. The Kier molecular flexibility index (Phi) is 1.85. The summed E-state index contributed by atoms with van der Waals surface area (Å²) in [4.78, 5) is 0. The second-order valence-corrected chi connectivity index (χ2v) is 3.34. The minimum Gasteiger partial charge on any atom is -0.388 e. The van der Waals surface area contributed by atoms with E-state index in [1.54, 1.807) is 12.1 Å². The van der Waals surface area contributed by atoms with Gasteiger partial charge in [0, 0.05) is 0 Å². The lowest BCUT2D eigenvalue weighted by atomic mass is 10.1. The minimum atomic E-state index is -0.458. The van der Waals surface area contributed by atoms with Crippen LogP contribution in [0.5, 0.6) is 0 Å². The van der Waals surface area contributed by atoms with Gasteiger partial charge in [-0.1, -0.05) is 12.1 Å². The topological polar surface area (TPSA) is 20.2 Å². The Hall–Kier alpha value is -0.890. The van der Waals surface area contributed by atoms with Crippen molar-refractivity contribution in [2.75, 3.05) is 0 Å². The molecule has 0 bridgehead atoms. The summed E-state index contributed by atoms with van der Waals surface area (Å²) in [6.07, 6.45) is 1.68. The van der Waals surface area contributed by atoms with Crippen molar-refractivity contribution in [2.45, 2.75) is 18.9 Å². The monoisotopic (exact) mass is 166 g/mol. The summed E-state index contributed by atoms with van der Waals surface area (Å²) in [6, 6.07) is 6.20. The molecule has 0 radical (unpaired) electrons. The van der Waals surface area contributed by atoms with Crippen molar-refractivity contribution in [3.63, 3.8) is 0 Å². The normalized spacial score (nSPS) is 19.2. The second kappa shape index (κ2) is 2.87. The number of benzene rings is 1. The van der Waals surface area contributed by atoms with Crippen LogP contribution in [-0.2, 0) is 0 Å². The third kappa shape index (κ3) is 1.48. The molecule has 2 heteroatoms. The molecule has 0 saturated heterocycles. The van der Waals surface area contributed by atoms with Gasteiger partial charge in [-0.25, -0.2) is 4.39 Å². The van der Waals surface area contributed by atoms with Gasteiger partial charge in [-0.05, 0) is 36.5 Å². The van der Waals surface area contributed by atoms with Gasteiger partial charge in [0.1, 0.15) is 5.82 Å². The van der Waals surface area contributed by atoms with Crippen molar-refractivity contribution in [1.82, 2.24) is 0 Å². The highest BCUT2D eigenvalue weighted by molar-refractivity contribution is 5.20. The lowest BCUT2D eigenvalue weighted by Crippen LogP contribution is -1.99. The average Bonchev–Trinajstić information content (AvgIpc) is 2.85. The first-order chi connectivity index (χ1) is 5.77. The van der Waals surface area contributed by atoms with Gasteiger partial charge in [0.05, 0.1) is 6.10 Å². The summed E-state index contributed by atoms with van der Waals surface area (Å²) in [7, 11) is 0. The first kappa shape index (κ1) is 7.74. The van der Waals surface area contributed by atoms with Gasteiger partial charge in [-0.2, -0.15) is 0 Å². The summed E-state index contributed by atoms with van der Waals surface area (Å²) in [6.45, 7) is 0. The van der Waals surface area contributed by atoms with Gasteiger partial charge in [-0.3, -0.25) is 0 Å². The van der Waals surface area contributed by atoms with Crippen LogP contribution < -0.4 is 0 Å². The highest BCUT2D eigenvalue weighted by Crippen LogP contribution is 2.40. The van der Waals surface area contributed by atoms with Crippen LogP contribution in [-0.4, -0.2) is 5.11 Å². The predicted molar refractivity (Wildman–Crippen MR) is 44.1 cm³/mol. The van der Waals surface area contributed by atoms with Crippen LogP contribution in [0.3, 0.4) is 0 Å². The molecule has 1 aliphatic carbocycles. The molecule has 1 nitrogen and oxygen atoms in total. The maximum absolute atomic E-state index is 12.7. The molecule has 1 unspecified atom stereocenters. The molecule has 2 rings (SSSR count). The van der Waals surface area contributed by atoms with E-state index < -0.39 is 6.10 Å². The van der Waals surface area contributed by atoms with Crippen LogP contribution in [0.2, 0.25) is 0 Å². The zero-order chi connectivity index (χ0) is 8.55. The van der Waals surface area contributed by atoms with Crippen LogP contribution in [0.1, 0.15) is 24.5 Å². The maximum Gasteiger partial charge on any atom is 0.123 e. The second-order valence-electron chi connectivity index (χ2n) is 3.34. The smallest absolute Gasteiger partial charge is 0.123 e. The number of rotatable bonds is 2. The Morgan fingerprint density at radius 1 is 1.42 bits per heavy atom. The van der Waals surface area contributed by atoms with Crippen LogP contribution in [0, 0.1) is 11.7 Å². The molecule has 0 aliphatic heterocycles. The Morgan fingerprint density at radius 3 is 2.75 bits per heavy atom. The van der Waals surface area contributed by atoms with Crippen molar-refractivity contribution in [1.29, 1.82) is 0 Å². The highest BCUT2D eigenvalue weighted by Gasteiger charge is 2.30. The fraction of sp³-hybridized carbons (Fsp3) is 0.400. The molecule has 1 aromatic rings. The van der Waals surface area contributed by atoms with Gasteiger partial charge in [0.25, 0.3) is 0 Å². The van der Waals surface area contributed by atoms with E-state index in [-0.39, 0.29) is 5.82 Å². The molecule has 1 atom stereocenters. The number of hydrogen-bond donors (Lipinski definition) is 1. The molecular weight excluding hydrogens is 155 g/mol. The minimum absolute atomic E-state index is 0.271. The van der Waals surface area contributed by atoms with E-state index in [0.717, 1.165) is 12.8 Å². The van der Waals surface area contributed by atoms with E-state index in [9.17, 15) is 9.50 Å². The third-order valence-corrected chi connectivity index (χ3v) is 2.26. The first-order valence-electron chi connectivity index (χ1n) is 4.21. The molecule has 64 valence electrons. The molecule has 1 saturated carbocycles. The predicted octanol–water partition coefficient (Wildman–Crippen LogP) is 2.27. The maximum atomic E-state index is 12.7. The quantitative estimate of drug-likeness (QED) is 0.714. The molecule has 1 aliphatic rings. The number of aliphatic hydroxyl groups excluding tert-OH is 1. The Labute approximate surface area is 70.8 Å². The lowest BCUT2D eigenvalue weighted by Gasteiger charge is -2.08. The molecule has 0 spiro atoms. The third-order valence-electron chi connectivity index (χ3n) is 2.26. The van der Waals surface area contributed by atoms with E-state index in [1.807, 2.05) is 0 Å². The largest absolute Gasteiger partial charge is 0.388 e. The van der Waals surface area contributed by atoms with Crippen molar-refractivity contribution in [3.05, 3.63) is 35.6 Å². The lowest BCUT2D eigenvalue weighted by molar-refractivity contribution is 0.153. The van der Waals surface area contributed by atoms with E-state index in [0.29, 0.717) is 11.5 Å². The molecule has 0 amide bonds. The standard InChI is InChI=1S/C10H11FO/c11-9-3-1-2-8(6-9)10(12)7-4-5-7/h1-3,6-7,10,12H,4-5H2. The molecule has 0 aromatic heterocycles. The van der Waals surface area contributed by atoms with Crippen molar-refractivity contribution in [3.8, 4) is 0 Å². The van der Waals surface area contributed by atoms with Crippen LogP contribution >= 0.6 is 0 Å². The molecule has 12 heavy (non-hydrogen) atoms. The summed E-state index contributed by atoms with van der Waals surface area (Å²) < 4.78 is 12.7. The number of hydrogen-bond acceptors (Lipinski definition) is 1.